The molecule has 0 bridgehead atoms. The molecule has 15 heavy (non-hydrogen) atoms. The van der Waals surface area contributed by atoms with Crippen molar-refractivity contribution in [2.24, 2.45) is 5.92 Å². The molecule has 0 spiro atoms. The maximum Gasteiger partial charge on any atom is 0.310 e. The first kappa shape index (κ1) is 11.9. The molecule has 0 heterocycles. The van der Waals surface area contributed by atoms with Gasteiger partial charge in [0.05, 0.1) is 11.7 Å². The summed E-state index contributed by atoms with van der Waals surface area (Å²) in [5, 5.41) is 8.69. The molecule has 0 aromatic carbocycles. The molecular weight excluding hydrogens is 218 g/mol. The minimum absolute atomic E-state index is 0.158. The van der Waals surface area contributed by atoms with Crippen LogP contribution in [-0.2, 0) is 14.8 Å². The van der Waals surface area contributed by atoms with E-state index in [9.17, 15) is 13.2 Å². The maximum absolute atomic E-state index is 11.3. The third-order valence-electron chi connectivity index (χ3n) is 2.07. The number of carbonyl (C=O) groups is 1. The fourth-order valence-electron chi connectivity index (χ4n) is 1.40. The van der Waals surface area contributed by atoms with Crippen LogP contribution < -0.4 is 4.72 Å². The molecule has 1 rings (SSSR count). The minimum Gasteiger partial charge on any atom is -0.481 e. The molecular formula is C9H13NO4S. The zero-order valence-electron chi connectivity index (χ0n) is 8.09. The van der Waals surface area contributed by atoms with Gasteiger partial charge in [-0.25, -0.2) is 13.1 Å². The molecule has 84 valence electrons. The van der Waals surface area contributed by atoms with E-state index in [1.165, 1.54) is 12.2 Å². The Bertz CT molecular complexity index is 385. The van der Waals surface area contributed by atoms with E-state index >= 15 is 0 Å². The SMILES string of the molecule is C=CCS(=O)(=O)NC1C=CC(C(=O)O)C1. The lowest BCUT2D eigenvalue weighted by atomic mass is 10.1. The van der Waals surface area contributed by atoms with E-state index < -0.39 is 28.0 Å². The van der Waals surface area contributed by atoms with Crippen molar-refractivity contribution in [2.75, 3.05) is 5.75 Å². The molecule has 6 heteroatoms. The second kappa shape index (κ2) is 4.59. The highest BCUT2D eigenvalue weighted by Crippen LogP contribution is 2.18. The highest BCUT2D eigenvalue weighted by atomic mass is 32.2. The van der Waals surface area contributed by atoms with Gasteiger partial charge in [0.2, 0.25) is 10.0 Å². The minimum atomic E-state index is -3.38. The van der Waals surface area contributed by atoms with Crippen LogP contribution in [0.2, 0.25) is 0 Å². The highest BCUT2D eigenvalue weighted by Gasteiger charge is 2.26. The van der Waals surface area contributed by atoms with Crippen molar-refractivity contribution in [3.63, 3.8) is 0 Å². The predicted molar refractivity (Wildman–Crippen MR) is 55.8 cm³/mol. The smallest absolute Gasteiger partial charge is 0.310 e. The van der Waals surface area contributed by atoms with Crippen molar-refractivity contribution in [3.8, 4) is 0 Å². The van der Waals surface area contributed by atoms with Crippen LogP contribution in [0.3, 0.4) is 0 Å². The molecule has 0 aliphatic heterocycles. The Kier molecular flexibility index (Phi) is 3.65. The Morgan fingerprint density at radius 2 is 2.27 bits per heavy atom. The van der Waals surface area contributed by atoms with Crippen molar-refractivity contribution in [1.29, 1.82) is 0 Å². The lowest BCUT2D eigenvalue weighted by Crippen LogP contribution is -2.34. The van der Waals surface area contributed by atoms with Gasteiger partial charge in [-0.2, -0.15) is 0 Å². The van der Waals surface area contributed by atoms with E-state index in [1.807, 2.05) is 0 Å². The molecule has 0 radical (unpaired) electrons. The summed E-state index contributed by atoms with van der Waals surface area (Å²) in [6.45, 7) is 3.33. The van der Waals surface area contributed by atoms with Crippen LogP contribution >= 0.6 is 0 Å². The molecule has 1 aliphatic rings. The van der Waals surface area contributed by atoms with Gasteiger partial charge in [-0.05, 0) is 6.42 Å². The molecule has 0 fully saturated rings. The quantitative estimate of drug-likeness (QED) is 0.658. The van der Waals surface area contributed by atoms with Gasteiger partial charge in [0, 0.05) is 6.04 Å². The third kappa shape index (κ3) is 3.49. The number of aliphatic carboxylic acids is 1. The number of carboxylic acids is 1. The first-order chi connectivity index (χ1) is 6.94. The first-order valence-electron chi connectivity index (χ1n) is 4.46. The van der Waals surface area contributed by atoms with Gasteiger partial charge in [-0.3, -0.25) is 4.79 Å². The molecule has 2 N–H and O–H groups in total. The van der Waals surface area contributed by atoms with Crippen LogP contribution in [-0.4, -0.2) is 31.3 Å². The second-order valence-electron chi connectivity index (χ2n) is 3.36. The van der Waals surface area contributed by atoms with Gasteiger partial charge in [0.1, 0.15) is 0 Å². The van der Waals surface area contributed by atoms with E-state index in [0.29, 0.717) is 0 Å². The van der Waals surface area contributed by atoms with Crippen molar-refractivity contribution in [1.82, 2.24) is 4.72 Å². The summed E-state index contributed by atoms with van der Waals surface area (Å²) in [6, 6.07) is -0.420. The molecule has 0 saturated carbocycles. The van der Waals surface area contributed by atoms with E-state index in [1.54, 1.807) is 6.08 Å². The van der Waals surface area contributed by atoms with E-state index in [2.05, 4.69) is 11.3 Å². The van der Waals surface area contributed by atoms with Crippen LogP contribution in [0.1, 0.15) is 6.42 Å². The van der Waals surface area contributed by atoms with Crippen LogP contribution in [0.25, 0.3) is 0 Å². The predicted octanol–water partition coefficient (Wildman–Crippen LogP) is 0.121. The first-order valence-corrected chi connectivity index (χ1v) is 6.12. The third-order valence-corrected chi connectivity index (χ3v) is 3.41. The van der Waals surface area contributed by atoms with Crippen LogP contribution in [0.5, 0.6) is 0 Å². The molecule has 0 aromatic heterocycles. The lowest BCUT2D eigenvalue weighted by molar-refractivity contribution is -0.140. The largest absolute Gasteiger partial charge is 0.481 e. The average Bonchev–Trinajstić information content (AvgIpc) is 2.51. The molecule has 2 atom stereocenters. The number of sulfonamides is 1. The second-order valence-corrected chi connectivity index (χ2v) is 5.16. The summed E-state index contributed by atoms with van der Waals surface area (Å²) in [6.07, 6.45) is 4.63. The van der Waals surface area contributed by atoms with Crippen molar-refractivity contribution in [3.05, 3.63) is 24.8 Å². The number of nitrogens with one attached hydrogen (secondary N) is 1. The summed E-state index contributed by atoms with van der Waals surface area (Å²) in [5.41, 5.74) is 0. The van der Waals surface area contributed by atoms with Gasteiger partial charge in [0.15, 0.2) is 0 Å². The van der Waals surface area contributed by atoms with E-state index in [4.69, 9.17) is 5.11 Å². The topological polar surface area (TPSA) is 83.5 Å². The Labute approximate surface area is 88.5 Å². The number of hydrogen-bond acceptors (Lipinski definition) is 3. The van der Waals surface area contributed by atoms with Gasteiger partial charge in [-0.15, -0.1) is 6.58 Å². The lowest BCUT2D eigenvalue weighted by Gasteiger charge is -2.11. The monoisotopic (exact) mass is 231 g/mol. The fourth-order valence-corrected chi connectivity index (χ4v) is 2.45. The van der Waals surface area contributed by atoms with Crippen LogP contribution in [0.15, 0.2) is 24.8 Å². The average molecular weight is 231 g/mol. The Morgan fingerprint density at radius 3 is 2.73 bits per heavy atom. The van der Waals surface area contributed by atoms with Gasteiger partial charge in [0.25, 0.3) is 0 Å². The molecule has 1 aliphatic carbocycles. The van der Waals surface area contributed by atoms with Gasteiger partial charge >= 0.3 is 5.97 Å². The Hall–Kier alpha value is -1.14. The van der Waals surface area contributed by atoms with Crippen molar-refractivity contribution >= 4 is 16.0 Å². The Balaban J connectivity index is 2.54. The summed E-state index contributed by atoms with van der Waals surface area (Å²) in [7, 11) is -3.38. The zero-order valence-corrected chi connectivity index (χ0v) is 8.90. The molecule has 0 amide bonds. The fraction of sp³-hybridized carbons (Fsp3) is 0.444. The summed E-state index contributed by atoms with van der Waals surface area (Å²) in [5.74, 6) is -1.69. The molecule has 5 nitrogen and oxygen atoms in total. The summed E-state index contributed by atoms with van der Waals surface area (Å²) in [4.78, 5) is 10.6. The Morgan fingerprint density at radius 1 is 1.60 bits per heavy atom. The zero-order chi connectivity index (χ0) is 11.5. The van der Waals surface area contributed by atoms with Crippen LogP contribution in [0.4, 0.5) is 0 Å². The van der Waals surface area contributed by atoms with Crippen molar-refractivity contribution < 1.29 is 18.3 Å². The summed E-state index contributed by atoms with van der Waals surface area (Å²) >= 11 is 0. The standard InChI is InChI=1S/C9H13NO4S/c1-2-5-15(13,14)10-8-4-3-7(6-8)9(11)12/h2-4,7-8,10H,1,5-6H2,(H,11,12). The normalized spacial score (nSPS) is 25.3. The molecule has 0 saturated heterocycles. The van der Waals surface area contributed by atoms with Crippen molar-refractivity contribution in [2.45, 2.75) is 12.5 Å². The van der Waals surface area contributed by atoms with E-state index in [0.717, 1.165) is 0 Å². The number of carboxylic acid groups (broad SMARTS) is 1. The number of hydrogen-bond donors (Lipinski definition) is 2. The summed E-state index contributed by atoms with van der Waals surface area (Å²) < 4.78 is 25.0. The van der Waals surface area contributed by atoms with Crippen LogP contribution in [0, 0.1) is 5.92 Å². The molecule has 0 aromatic rings. The highest BCUT2D eigenvalue weighted by molar-refractivity contribution is 7.89. The molecule has 2 unspecified atom stereocenters. The van der Waals surface area contributed by atoms with Gasteiger partial charge < -0.3 is 5.11 Å². The van der Waals surface area contributed by atoms with E-state index in [-0.39, 0.29) is 12.2 Å². The van der Waals surface area contributed by atoms with Gasteiger partial charge in [-0.1, -0.05) is 18.2 Å². The number of rotatable bonds is 5. The maximum atomic E-state index is 11.3.